The molecular weight excluding hydrogens is 538 g/mol. The van der Waals surface area contributed by atoms with Crippen LogP contribution in [0.4, 0.5) is 9.18 Å². The van der Waals surface area contributed by atoms with Crippen molar-refractivity contribution in [1.29, 1.82) is 0 Å². The molecule has 5 rings (SSSR count). The number of piperazine rings is 1. The Bertz CT molecular complexity index is 1360. The average Bonchev–Trinajstić information content (AvgIpc) is 3.29. The first kappa shape index (κ1) is 27.4. The minimum atomic E-state index is -0.470. The molecule has 0 N–H and O–H groups in total. The van der Waals surface area contributed by atoms with E-state index in [4.69, 9.17) is 32.9 Å². The molecule has 2 aliphatic heterocycles. The summed E-state index contributed by atoms with van der Waals surface area (Å²) in [4.78, 5) is 25.3. The van der Waals surface area contributed by atoms with Crippen molar-refractivity contribution < 1.29 is 13.9 Å². The van der Waals surface area contributed by atoms with Crippen LogP contribution in [0.2, 0.25) is 10.0 Å². The van der Waals surface area contributed by atoms with Crippen molar-refractivity contribution in [2.24, 2.45) is 4.99 Å². The summed E-state index contributed by atoms with van der Waals surface area (Å²) < 4.78 is 20.4. The molecule has 2 aliphatic rings. The predicted octanol–water partition coefficient (Wildman–Crippen LogP) is 6.83. The number of amides is 2. The fraction of sp³-hybridized carbons (Fsp3) is 0.333. The second-order valence-corrected chi connectivity index (χ2v) is 11.1. The second-order valence-electron chi connectivity index (χ2n) is 10.2. The average molecular weight is 570 g/mol. The molecule has 0 aromatic heterocycles. The molecule has 3 aromatic carbocycles. The zero-order chi connectivity index (χ0) is 27.7. The van der Waals surface area contributed by atoms with Crippen LogP contribution in [0.5, 0.6) is 5.75 Å². The number of carbonyl (C=O) groups is 1. The lowest BCUT2D eigenvalue weighted by atomic mass is 9.93. The van der Waals surface area contributed by atoms with E-state index >= 15 is 0 Å². The number of halogens is 3. The van der Waals surface area contributed by atoms with Crippen LogP contribution in [0.25, 0.3) is 0 Å². The van der Waals surface area contributed by atoms with Crippen molar-refractivity contribution in [2.75, 3.05) is 33.2 Å². The van der Waals surface area contributed by atoms with E-state index < -0.39 is 17.9 Å². The smallest absolute Gasteiger partial charge is 0.326 e. The first-order valence-electron chi connectivity index (χ1n) is 13.0. The topological polar surface area (TPSA) is 48.4 Å². The fourth-order valence-electron chi connectivity index (χ4n) is 5.04. The normalized spacial score (nSPS) is 19.9. The highest BCUT2D eigenvalue weighted by Crippen LogP contribution is 2.45. The quantitative estimate of drug-likeness (QED) is 0.339. The number of urea groups is 1. The third-order valence-electron chi connectivity index (χ3n) is 7.02. The molecule has 204 valence electrons. The first-order chi connectivity index (χ1) is 18.7. The molecule has 9 heteroatoms. The highest BCUT2D eigenvalue weighted by molar-refractivity contribution is 6.30. The number of hydrogen-bond donors (Lipinski definition) is 0. The molecule has 0 saturated carbocycles. The Morgan fingerprint density at radius 3 is 2.10 bits per heavy atom. The van der Waals surface area contributed by atoms with Crippen molar-refractivity contribution in [3.8, 4) is 5.75 Å². The zero-order valence-corrected chi connectivity index (χ0v) is 23.7. The van der Waals surface area contributed by atoms with E-state index in [0.29, 0.717) is 40.3 Å². The van der Waals surface area contributed by atoms with Crippen molar-refractivity contribution >= 4 is 35.1 Å². The molecule has 2 heterocycles. The number of hydrogen-bond acceptors (Lipinski definition) is 4. The second kappa shape index (κ2) is 11.5. The Morgan fingerprint density at radius 2 is 1.51 bits per heavy atom. The molecule has 2 unspecified atom stereocenters. The van der Waals surface area contributed by atoms with E-state index in [1.165, 1.54) is 12.1 Å². The van der Waals surface area contributed by atoms with Gasteiger partial charge >= 0.3 is 6.03 Å². The Kier molecular flexibility index (Phi) is 8.12. The van der Waals surface area contributed by atoms with Crippen LogP contribution in [-0.2, 0) is 0 Å². The van der Waals surface area contributed by atoms with E-state index in [-0.39, 0.29) is 12.1 Å². The summed E-state index contributed by atoms with van der Waals surface area (Å²) in [5.41, 5.74) is 2.34. The highest BCUT2D eigenvalue weighted by atomic mass is 35.5. The third-order valence-corrected chi connectivity index (χ3v) is 7.52. The summed E-state index contributed by atoms with van der Waals surface area (Å²) in [6.45, 7) is 6.50. The van der Waals surface area contributed by atoms with Gasteiger partial charge in [-0.15, -0.1) is 0 Å². The maximum absolute atomic E-state index is 14.4. The SMILES string of the molecule is CC(C)Oc1cc(F)ccc1C1=NC(c2ccc(Cl)cc2)C(c2ccc(Cl)cc2)N1C(=O)N1CCN(C)CC1. The largest absolute Gasteiger partial charge is 0.490 e. The lowest BCUT2D eigenvalue weighted by Crippen LogP contribution is -2.53. The van der Waals surface area contributed by atoms with E-state index in [0.717, 1.165) is 24.2 Å². The van der Waals surface area contributed by atoms with Gasteiger partial charge in [0.15, 0.2) is 0 Å². The van der Waals surface area contributed by atoms with Crippen LogP contribution in [0, 0.1) is 5.82 Å². The van der Waals surface area contributed by atoms with Crippen LogP contribution in [0.3, 0.4) is 0 Å². The summed E-state index contributed by atoms with van der Waals surface area (Å²) in [5, 5.41) is 1.21. The standard InChI is InChI=1S/C30H31Cl2FN4O2/c1-19(2)39-26-18-24(33)12-13-25(26)29-34-27(20-4-8-22(31)9-5-20)28(21-6-10-23(32)11-7-21)37(29)30(38)36-16-14-35(3)15-17-36/h4-13,18-19,27-28H,14-17H2,1-3H3. The van der Waals surface area contributed by atoms with Gasteiger partial charge in [0.25, 0.3) is 0 Å². The van der Waals surface area contributed by atoms with Crippen molar-refractivity contribution in [3.63, 3.8) is 0 Å². The predicted molar refractivity (Wildman–Crippen MR) is 153 cm³/mol. The fourth-order valence-corrected chi connectivity index (χ4v) is 5.29. The molecule has 0 bridgehead atoms. The first-order valence-corrected chi connectivity index (χ1v) is 13.8. The minimum Gasteiger partial charge on any atom is -0.490 e. The van der Waals surface area contributed by atoms with Crippen LogP contribution in [0.1, 0.15) is 42.6 Å². The number of nitrogens with zero attached hydrogens (tertiary/aromatic N) is 4. The number of rotatable bonds is 5. The Hall–Kier alpha value is -3.13. The van der Waals surface area contributed by atoms with E-state index in [1.807, 2.05) is 74.3 Å². The molecule has 0 aliphatic carbocycles. The molecule has 6 nitrogen and oxygen atoms in total. The maximum Gasteiger partial charge on any atom is 0.326 e. The number of benzene rings is 3. The molecule has 2 amide bonds. The van der Waals surface area contributed by atoms with Crippen molar-refractivity contribution in [2.45, 2.75) is 32.0 Å². The third kappa shape index (κ3) is 5.91. The number of aliphatic imine (C=N–C) groups is 1. The number of ether oxygens (including phenoxy) is 1. The number of amidine groups is 1. The number of likely N-dealkylation sites (N-methyl/N-ethyl adjacent to an activating group) is 1. The van der Waals surface area contributed by atoms with Gasteiger partial charge in [0.1, 0.15) is 23.4 Å². The van der Waals surface area contributed by atoms with Gasteiger partial charge in [-0.3, -0.25) is 9.89 Å². The van der Waals surface area contributed by atoms with E-state index in [9.17, 15) is 9.18 Å². The van der Waals surface area contributed by atoms with Crippen molar-refractivity contribution in [1.82, 2.24) is 14.7 Å². The monoisotopic (exact) mass is 568 g/mol. The molecule has 0 spiro atoms. The van der Waals surface area contributed by atoms with Crippen LogP contribution < -0.4 is 4.74 Å². The molecular formula is C30H31Cl2FN4O2. The summed E-state index contributed by atoms with van der Waals surface area (Å²) in [5.74, 6) is 0.356. The highest BCUT2D eigenvalue weighted by Gasteiger charge is 2.44. The molecule has 0 radical (unpaired) electrons. The van der Waals surface area contributed by atoms with Crippen LogP contribution in [0.15, 0.2) is 71.7 Å². The Balaban J connectivity index is 1.69. The van der Waals surface area contributed by atoms with E-state index in [2.05, 4.69) is 4.90 Å². The van der Waals surface area contributed by atoms with Gasteiger partial charge in [-0.2, -0.15) is 0 Å². The molecule has 3 aromatic rings. The van der Waals surface area contributed by atoms with Gasteiger partial charge in [0.2, 0.25) is 0 Å². The summed E-state index contributed by atoms with van der Waals surface area (Å²) >= 11 is 12.5. The molecule has 1 fully saturated rings. The molecule has 39 heavy (non-hydrogen) atoms. The van der Waals surface area contributed by atoms with Gasteiger partial charge in [0, 0.05) is 42.3 Å². The minimum absolute atomic E-state index is 0.155. The molecule has 2 atom stereocenters. The maximum atomic E-state index is 14.4. The number of carbonyl (C=O) groups excluding carboxylic acids is 1. The Morgan fingerprint density at radius 1 is 0.923 bits per heavy atom. The lowest BCUT2D eigenvalue weighted by Gasteiger charge is -2.38. The zero-order valence-electron chi connectivity index (χ0n) is 22.2. The summed E-state index contributed by atoms with van der Waals surface area (Å²) in [6, 6.07) is 18.3. The van der Waals surface area contributed by atoms with Gasteiger partial charge in [-0.05, 0) is 68.4 Å². The summed E-state index contributed by atoms with van der Waals surface area (Å²) in [7, 11) is 2.05. The van der Waals surface area contributed by atoms with Gasteiger partial charge in [0.05, 0.1) is 17.7 Å². The summed E-state index contributed by atoms with van der Waals surface area (Å²) in [6.07, 6.45) is -0.200. The lowest BCUT2D eigenvalue weighted by molar-refractivity contribution is 0.130. The van der Waals surface area contributed by atoms with Gasteiger partial charge < -0.3 is 14.5 Å². The van der Waals surface area contributed by atoms with E-state index in [1.54, 1.807) is 11.0 Å². The van der Waals surface area contributed by atoms with Crippen molar-refractivity contribution in [3.05, 3.63) is 99.3 Å². The van der Waals surface area contributed by atoms with Crippen LogP contribution >= 0.6 is 23.2 Å². The van der Waals surface area contributed by atoms with Crippen LogP contribution in [-0.4, -0.2) is 65.9 Å². The Labute approximate surface area is 238 Å². The van der Waals surface area contributed by atoms with Gasteiger partial charge in [-0.25, -0.2) is 9.18 Å². The van der Waals surface area contributed by atoms with Gasteiger partial charge in [-0.1, -0.05) is 47.5 Å². The molecule has 1 saturated heterocycles.